The molecule has 1 saturated heterocycles. The van der Waals surface area contributed by atoms with E-state index in [2.05, 4.69) is 0 Å². The van der Waals surface area contributed by atoms with Crippen molar-refractivity contribution < 1.29 is 13.2 Å². The quantitative estimate of drug-likeness (QED) is 0.846. The first kappa shape index (κ1) is 13.6. The van der Waals surface area contributed by atoms with Gasteiger partial charge in [0.25, 0.3) is 0 Å². The van der Waals surface area contributed by atoms with Gasteiger partial charge in [-0.25, -0.2) is 8.42 Å². The van der Waals surface area contributed by atoms with Crippen molar-refractivity contribution in [1.29, 1.82) is 0 Å². The van der Waals surface area contributed by atoms with E-state index in [4.69, 9.17) is 4.74 Å². The Hall–Kier alpha value is -0.870. The van der Waals surface area contributed by atoms with E-state index in [0.717, 1.165) is 0 Å². The average molecular weight is 268 g/mol. The third kappa shape index (κ3) is 2.45. The summed E-state index contributed by atoms with van der Waals surface area (Å²) in [5.74, 6) is 0.207. The molecule has 1 aromatic rings. The lowest BCUT2D eigenvalue weighted by Gasteiger charge is -2.22. The molecule has 18 heavy (non-hydrogen) atoms. The van der Waals surface area contributed by atoms with Gasteiger partial charge in [0.1, 0.15) is 0 Å². The fourth-order valence-corrected chi connectivity index (χ4v) is 4.69. The molecule has 1 heterocycles. The van der Waals surface area contributed by atoms with Crippen LogP contribution in [0.25, 0.3) is 0 Å². The molecule has 0 saturated carbocycles. The maximum atomic E-state index is 12.6. The number of hydrogen-bond acceptors (Lipinski definition) is 3. The molecule has 3 atom stereocenters. The van der Waals surface area contributed by atoms with Gasteiger partial charge < -0.3 is 4.74 Å². The monoisotopic (exact) mass is 268 g/mol. The van der Waals surface area contributed by atoms with Gasteiger partial charge in [0, 0.05) is 0 Å². The highest BCUT2D eigenvalue weighted by atomic mass is 32.2. The smallest absolute Gasteiger partial charge is 0.183 e. The Morgan fingerprint density at radius 3 is 2.39 bits per heavy atom. The Kier molecular flexibility index (Phi) is 3.78. The second-order valence-electron chi connectivity index (χ2n) is 5.29. The molecule has 0 radical (unpaired) electrons. The lowest BCUT2D eigenvalue weighted by atomic mass is 10.0. The van der Waals surface area contributed by atoms with E-state index in [9.17, 15) is 8.42 Å². The van der Waals surface area contributed by atoms with E-state index < -0.39 is 15.1 Å². The molecule has 4 heteroatoms. The Morgan fingerprint density at radius 1 is 1.22 bits per heavy atom. The molecule has 0 aliphatic carbocycles. The molecule has 1 aliphatic rings. The van der Waals surface area contributed by atoms with Crippen molar-refractivity contribution >= 4 is 9.84 Å². The Labute approximate surface area is 109 Å². The largest absolute Gasteiger partial charge is 0.374 e. The topological polar surface area (TPSA) is 43.4 Å². The molecule has 0 spiro atoms. The van der Waals surface area contributed by atoms with Crippen LogP contribution in [0.1, 0.15) is 27.2 Å². The first-order valence-corrected chi connectivity index (χ1v) is 7.92. The van der Waals surface area contributed by atoms with E-state index in [1.54, 1.807) is 24.3 Å². The SMILES string of the molecule is CC(C)[C@H]1O[C@H](C)C[C@@H]1S(=O)(=O)c1ccccc1. The molecule has 2 rings (SSSR count). The third-order valence-corrected chi connectivity index (χ3v) is 5.63. The summed E-state index contributed by atoms with van der Waals surface area (Å²) < 4.78 is 31.0. The summed E-state index contributed by atoms with van der Waals surface area (Å²) in [7, 11) is -3.29. The van der Waals surface area contributed by atoms with Gasteiger partial charge >= 0.3 is 0 Å². The van der Waals surface area contributed by atoms with Gasteiger partial charge in [0.2, 0.25) is 0 Å². The van der Waals surface area contributed by atoms with Gasteiger partial charge in [0.15, 0.2) is 9.84 Å². The van der Waals surface area contributed by atoms with Crippen LogP contribution in [0.2, 0.25) is 0 Å². The lowest BCUT2D eigenvalue weighted by molar-refractivity contribution is 0.0297. The van der Waals surface area contributed by atoms with Crippen LogP contribution in [0, 0.1) is 5.92 Å². The molecule has 0 N–H and O–H groups in total. The fraction of sp³-hybridized carbons (Fsp3) is 0.571. The Balaban J connectivity index is 2.35. The summed E-state index contributed by atoms with van der Waals surface area (Å²) in [4.78, 5) is 0.401. The van der Waals surface area contributed by atoms with Crippen LogP contribution in [0.4, 0.5) is 0 Å². The van der Waals surface area contributed by atoms with E-state index in [1.807, 2.05) is 26.8 Å². The normalized spacial score (nSPS) is 28.8. The molecule has 1 fully saturated rings. The van der Waals surface area contributed by atoms with Gasteiger partial charge in [-0.2, -0.15) is 0 Å². The van der Waals surface area contributed by atoms with E-state index in [0.29, 0.717) is 11.3 Å². The van der Waals surface area contributed by atoms with Crippen LogP contribution >= 0.6 is 0 Å². The standard InChI is InChI=1S/C14H20O3S/c1-10(2)14-13(9-11(3)17-14)18(15,16)12-7-5-4-6-8-12/h4-8,10-11,13-14H,9H2,1-3H3/t11-,13+,14-/m1/s1. The van der Waals surface area contributed by atoms with Crippen LogP contribution < -0.4 is 0 Å². The maximum Gasteiger partial charge on any atom is 0.183 e. The second kappa shape index (κ2) is 5.02. The molecule has 1 aromatic carbocycles. The van der Waals surface area contributed by atoms with Crippen molar-refractivity contribution in [2.45, 2.75) is 49.5 Å². The average Bonchev–Trinajstić information content (AvgIpc) is 2.73. The van der Waals surface area contributed by atoms with Crippen LogP contribution in [-0.4, -0.2) is 25.9 Å². The molecular formula is C14H20O3S. The predicted octanol–water partition coefficient (Wildman–Crippen LogP) is 2.66. The summed E-state index contributed by atoms with van der Waals surface area (Å²) in [6, 6.07) is 8.67. The van der Waals surface area contributed by atoms with Crippen LogP contribution in [0.15, 0.2) is 35.2 Å². The summed E-state index contributed by atoms with van der Waals surface area (Å²) in [6.07, 6.45) is 0.395. The van der Waals surface area contributed by atoms with Gasteiger partial charge in [-0.1, -0.05) is 32.0 Å². The minimum absolute atomic E-state index is 0.0147. The summed E-state index contributed by atoms with van der Waals surface area (Å²) in [6.45, 7) is 5.96. The zero-order valence-electron chi connectivity index (χ0n) is 11.0. The van der Waals surface area contributed by atoms with Gasteiger partial charge in [-0.15, -0.1) is 0 Å². The van der Waals surface area contributed by atoms with Crippen molar-refractivity contribution in [2.24, 2.45) is 5.92 Å². The van der Waals surface area contributed by atoms with Gasteiger partial charge in [-0.05, 0) is 31.4 Å². The van der Waals surface area contributed by atoms with Crippen molar-refractivity contribution in [3.8, 4) is 0 Å². The molecule has 0 amide bonds. The van der Waals surface area contributed by atoms with Gasteiger partial charge in [-0.3, -0.25) is 0 Å². The highest BCUT2D eigenvalue weighted by molar-refractivity contribution is 7.92. The van der Waals surface area contributed by atoms with Crippen LogP contribution in [-0.2, 0) is 14.6 Å². The van der Waals surface area contributed by atoms with Crippen LogP contribution in [0.3, 0.4) is 0 Å². The minimum Gasteiger partial charge on any atom is -0.374 e. The summed E-state index contributed by atoms with van der Waals surface area (Å²) in [5, 5.41) is -0.421. The zero-order chi connectivity index (χ0) is 13.3. The van der Waals surface area contributed by atoms with E-state index in [-0.39, 0.29) is 18.1 Å². The van der Waals surface area contributed by atoms with Gasteiger partial charge in [0.05, 0.1) is 22.4 Å². The highest BCUT2D eigenvalue weighted by Gasteiger charge is 2.43. The van der Waals surface area contributed by atoms with Crippen molar-refractivity contribution in [2.75, 3.05) is 0 Å². The molecule has 3 nitrogen and oxygen atoms in total. The molecule has 0 bridgehead atoms. The number of hydrogen-bond donors (Lipinski definition) is 0. The minimum atomic E-state index is -3.29. The Bertz CT molecular complexity index is 493. The van der Waals surface area contributed by atoms with Crippen LogP contribution in [0.5, 0.6) is 0 Å². The number of sulfone groups is 1. The van der Waals surface area contributed by atoms with E-state index >= 15 is 0 Å². The molecule has 1 aliphatic heterocycles. The van der Waals surface area contributed by atoms with Crippen molar-refractivity contribution in [3.63, 3.8) is 0 Å². The second-order valence-corrected chi connectivity index (χ2v) is 7.45. The summed E-state index contributed by atoms with van der Waals surface area (Å²) >= 11 is 0. The van der Waals surface area contributed by atoms with Crippen molar-refractivity contribution in [3.05, 3.63) is 30.3 Å². The highest BCUT2D eigenvalue weighted by Crippen LogP contribution is 2.33. The molecule has 0 aromatic heterocycles. The molecule has 0 unspecified atom stereocenters. The first-order valence-electron chi connectivity index (χ1n) is 6.37. The maximum absolute atomic E-state index is 12.6. The predicted molar refractivity (Wildman–Crippen MR) is 71.2 cm³/mol. The number of benzene rings is 1. The number of rotatable bonds is 3. The molecule has 100 valence electrons. The fourth-order valence-electron chi connectivity index (χ4n) is 2.55. The van der Waals surface area contributed by atoms with Crippen molar-refractivity contribution in [1.82, 2.24) is 0 Å². The zero-order valence-corrected chi connectivity index (χ0v) is 11.9. The Morgan fingerprint density at radius 2 is 1.83 bits per heavy atom. The number of ether oxygens (including phenoxy) is 1. The molecular weight excluding hydrogens is 248 g/mol. The van der Waals surface area contributed by atoms with E-state index in [1.165, 1.54) is 0 Å². The first-order chi connectivity index (χ1) is 8.43. The lowest BCUT2D eigenvalue weighted by Crippen LogP contribution is -2.34. The third-order valence-electron chi connectivity index (χ3n) is 3.45. The summed E-state index contributed by atoms with van der Waals surface area (Å²) in [5.41, 5.74) is 0.